The van der Waals surface area contributed by atoms with Gasteiger partial charge in [-0.25, -0.2) is 0 Å². The number of fused-ring (bicyclic) bond motifs is 4. The van der Waals surface area contributed by atoms with Crippen molar-refractivity contribution in [3.05, 3.63) is 166 Å². The third-order valence-electron chi connectivity index (χ3n) is 8.47. The van der Waals surface area contributed by atoms with Gasteiger partial charge in [-0.3, -0.25) is 0 Å². The van der Waals surface area contributed by atoms with E-state index in [0.717, 1.165) is 0 Å². The van der Waals surface area contributed by atoms with Crippen LogP contribution < -0.4 is 0 Å². The van der Waals surface area contributed by atoms with E-state index >= 15 is 0 Å². The minimum atomic E-state index is -0.385. The highest BCUT2D eigenvalue weighted by molar-refractivity contribution is 5.99. The number of hydrogen-bond acceptors (Lipinski definition) is 0. The van der Waals surface area contributed by atoms with Crippen molar-refractivity contribution < 1.29 is 0 Å². The molecule has 0 nitrogen and oxygen atoms in total. The Morgan fingerprint density at radius 2 is 0.974 bits per heavy atom. The van der Waals surface area contributed by atoms with Crippen molar-refractivity contribution >= 4 is 10.8 Å². The van der Waals surface area contributed by atoms with Crippen LogP contribution in [0.3, 0.4) is 0 Å². The minimum Gasteiger partial charge on any atom is -0.0619 e. The zero-order valence-electron chi connectivity index (χ0n) is 22.1. The molecule has 38 heavy (non-hydrogen) atoms. The molecular weight excluding hydrogens is 456 g/mol. The lowest BCUT2D eigenvalue weighted by Gasteiger charge is -2.34. The SMILES string of the molecule is Cc1ccc(C2(c3ccc(C)cc3)c3ccccc3-c3ccc(-c4ccc(C)c5ccccc45)cc32)cc1. The van der Waals surface area contributed by atoms with Gasteiger partial charge in [0.25, 0.3) is 0 Å². The van der Waals surface area contributed by atoms with Gasteiger partial charge in [0, 0.05) is 0 Å². The molecule has 0 aromatic heterocycles. The highest BCUT2D eigenvalue weighted by Crippen LogP contribution is 2.56. The Labute approximate surface area is 225 Å². The summed E-state index contributed by atoms with van der Waals surface area (Å²) in [5.74, 6) is 0. The van der Waals surface area contributed by atoms with E-state index in [1.165, 1.54) is 72.0 Å². The van der Waals surface area contributed by atoms with Crippen LogP contribution in [-0.4, -0.2) is 0 Å². The highest BCUT2D eigenvalue weighted by Gasteiger charge is 2.46. The topological polar surface area (TPSA) is 0 Å². The van der Waals surface area contributed by atoms with Gasteiger partial charge >= 0.3 is 0 Å². The van der Waals surface area contributed by atoms with E-state index < -0.39 is 0 Å². The van der Waals surface area contributed by atoms with Crippen molar-refractivity contribution in [2.45, 2.75) is 26.2 Å². The van der Waals surface area contributed by atoms with E-state index in [1.54, 1.807) is 0 Å². The maximum Gasteiger partial charge on any atom is 0.0713 e. The van der Waals surface area contributed by atoms with Crippen LogP contribution in [-0.2, 0) is 5.41 Å². The van der Waals surface area contributed by atoms with Crippen molar-refractivity contribution in [1.82, 2.24) is 0 Å². The van der Waals surface area contributed by atoms with Gasteiger partial charge < -0.3 is 0 Å². The molecule has 182 valence electrons. The minimum absolute atomic E-state index is 0.385. The maximum atomic E-state index is 2.46. The Hall–Kier alpha value is -4.42. The monoisotopic (exact) mass is 486 g/mol. The van der Waals surface area contributed by atoms with Gasteiger partial charge in [0.2, 0.25) is 0 Å². The van der Waals surface area contributed by atoms with Gasteiger partial charge in [-0.05, 0) is 87.7 Å². The predicted molar refractivity (Wildman–Crippen MR) is 161 cm³/mol. The van der Waals surface area contributed by atoms with Gasteiger partial charge in [-0.2, -0.15) is 0 Å². The van der Waals surface area contributed by atoms with Gasteiger partial charge in [-0.15, -0.1) is 0 Å². The second-order valence-electron chi connectivity index (χ2n) is 10.8. The van der Waals surface area contributed by atoms with Crippen LogP contribution >= 0.6 is 0 Å². The fourth-order valence-corrected chi connectivity index (χ4v) is 6.54. The fraction of sp³-hybridized carbons (Fsp3) is 0.105. The molecule has 7 rings (SSSR count). The molecule has 0 aliphatic heterocycles. The van der Waals surface area contributed by atoms with Crippen LogP contribution in [0.2, 0.25) is 0 Å². The van der Waals surface area contributed by atoms with E-state index in [2.05, 4.69) is 148 Å². The zero-order chi connectivity index (χ0) is 25.9. The molecule has 0 heteroatoms. The molecule has 0 atom stereocenters. The average Bonchev–Trinajstić information content (AvgIpc) is 3.25. The van der Waals surface area contributed by atoms with E-state index in [0.29, 0.717) is 0 Å². The largest absolute Gasteiger partial charge is 0.0713 e. The maximum absolute atomic E-state index is 2.46. The van der Waals surface area contributed by atoms with Crippen molar-refractivity contribution in [2.24, 2.45) is 0 Å². The van der Waals surface area contributed by atoms with Gasteiger partial charge in [0.05, 0.1) is 5.41 Å². The van der Waals surface area contributed by atoms with Crippen LogP contribution in [0.25, 0.3) is 33.0 Å². The van der Waals surface area contributed by atoms with Crippen LogP contribution in [0.5, 0.6) is 0 Å². The lowest BCUT2D eigenvalue weighted by Crippen LogP contribution is -2.28. The molecule has 0 amide bonds. The zero-order valence-corrected chi connectivity index (χ0v) is 22.1. The van der Waals surface area contributed by atoms with Crippen LogP contribution in [0, 0.1) is 20.8 Å². The number of aryl methyl sites for hydroxylation is 3. The first-order valence-electron chi connectivity index (χ1n) is 13.4. The summed E-state index contributed by atoms with van der Waals surface area (Å²) in [4.78, 5) is 0. The third-order valence-corrected chi connectivity index (χ3v) is 8.47. The molecule has 1 aliphatic rings. The highest BCUT2D eigenvalue weighted by atomic mass is 14.5. The summed E-state index contributed by atoms with van der Waals surface area (Å²) < 4.78 is 0. The quantitative estimate of drug-likeness (QED) is 0.233. The molecular formula is C38H30. The van der Waals surface area contributed by atoms with E-state index in [1.807, 2.05) is 0 Å². The van der Waals surface area contributed by atoms with Crippen LogP contribution in [0.1, 0.15) is 38.9 Å². The lowest BCUT2D eigenvalue weighted by molar-refractivity contribution is 0.768. The number of benzene rings is 6. The Kier molecular flexibility index (Phi) is 5.13. The first kappa shape index (κ1) is 22.8. The average molecular weight is 487 g/mol. The standard InChI is InChI=1S/C38H30/c1-25-12-18-29(19-13-25)38(30-20-14-26(2)15-21-30)36-11-7-6-10-34(36)35-23-17-28(24-37(35)38)32-22-16-27(3)31-8-4-5-9-33(31)32/h4-24H,1-3H3. The van der Waals surface area contributed by atoms with Gasteiger partial charge in [-0.1, -0.05) is 132 Å². The fourth-order valence-electron chi connectivity index (χ4n) is 6.54. The summed E-state index contributed by atoms with van der Waals surface area (Å²) in [6.45, 7) is 6.53. The number of hydrogen-bond donors (Lipinski definition) is 0. The second kappa shape index (κ2) is 8.57. The molecule has 0 saturated carbocycles. The lowest BCUT2D eigenvalue weighted by atomic mass is 9.67. The van der Waals surface area contributed by atoms with E-state index in [4.69, 9.17) is 0 Å². The normalized spacial score (nSPS) is 13.3. The second-order valence-corrected chi connectivity index (χ2v) is 10.8. The van der Waals surface area contributed by atoms with E-state index in [9.17, 15) is 0 Å². The molecule has 0 unspecified atom stereocenters. The molecule has 0 fully saturated rings. The first-order chi connectivity index (χ1) is 18.6. The summed E-state index contributed by atoms with van der Waals surface area (Å²) in [5, 5.41) is 2.62. The molecule has 0 heterocycles. The van der Waals surface area contributed by atoms with Crippen molar-refractivity contribution in [3.63, 3.8) is 0 Å². The summed E-state index contributed by atoms with van der Waals surface area (Å²) in [6.07, 6.45) is 0. The summed E-state index contributed by atoms with van der Waals surface area (Å²) in [5.41, 5.74) is 14.0. The summed E-state index contributed by atoms with van der Waals surface area (Å²) in [7, 11) is 0. The molecule has 0 spiro atoms. The molecule has 6 aromatic rings. The third kappa shape index (κ3) is 3.23. The van der Waals surface area contributed by atoms with E-state index in [-0.39, 0.29) is 5.41 Å². The molecule has 0 saturated heterocycles. The van der Waals surface area contributed by atoms with Crippen molar-refractivity contribution in [1.29, 1.82) is 0 Å². The Morgan fingerprint density at radius 3 is 1.66 bits per heavy atom. The van der Waals surface area contributed by atoms with Crippen molar-refractivity contribution in [2.75, 3.05) is 0 Å². The van der Waals surface area contributed by atoms with Gasteiger partial charge in [0.15, 0.2) is 0 Å². The Balaban J connectivity index is 1.58. The number of rotatable bonds is 3. The molecule has 1 aliphatic carbocycles. The first-order valence-corrected chi connectivity index (χ1v) is 13.4. The summed E-state index contributed by atoms with van der Waals surface area (Å²) in [6, 6.07) is 47.8. The summed E-state index contributed by atoms with van der Waals surface area (Å²) >= 11 is 0. The van der Waals surface area contributed by atoms with Crippen molar-refractivity contribution in [3.8, 4) is 22.3 Å². The Bertz CT molecular complexity index is 1770. The van der Waals surface area contributed by atoms with Gasteiger partial charge in [0.1, 0.15) is 0 Å². The Morgan fingerprint density at radius 1 is 0.421 bits per heavy atom. The predicted octanol–water partition coefficient (Wildman–Crippen LogP) is 9.80. The smallest absolute Gasteiger partial charge is 0.0619 e. The van der Waals surface area contributed by atoms with Crippen LogP contribution in [0.4, 0.5) is 0 Å². The molecule has 0 N–H and O–H groups in total. The molecule has 0 bridgehead atoms. The molecule has 0 radical (unpaired) electrons. The molecule has 6 aromatic carbocycles. The van der Waals surface area contributed by atoms with Crippen LogP contribution in [0.15, 0.2) is 127 Å².